The minimum Gasteiger partial charge on any atom is -0.456 e. The summed E-state index contributed by atoms with van der Waals surface area (Å²) in [6.07, 6.45) is -6.37. The van der Waals surface area contributed by atoms with Crippen molar-refractivity contribution >= 4 is 35.3 Å². The second-order valence-electron chi connectivity index (χ2n) is 7.16. The van der Waals surface area contributed by atoms with Crippen molar-refractivity contribution in [3.63, 3.8) is 0 Å². The molecule has 1 fully saturated rings. The molecular weight excluding hydrogens is 505 g/mol. The Hall–Kier alpha value is -2.77. The van der Waals surface area contributed by atoms with Crippen molar-refractivity contribution in [3.05, 3.63) is 55.8 Å². The smallest absolute Gasteiger partial charge is 0.431 e. The van der Waals surface area contributed by atoms with Crippen molar-refractivity contribution in [3.8, 4) is 5.69 Å². The molecule has 0 aliphatic carbocycles. The maximum Gasteiger partial charge on any atom is 0.431 e. The largest absolute Gasteiger partial charge is 0.456 e. The van der Waals surface area contributed by atoms with E-state index in [1.807, 2.05) is 0 Å². The number of rotatable bonds is 6. The molecule has 184 valence electrons. The number of alkyl halides is 3. The molecule has 34 heavy (non-hydrogen) atoms. The van der Waals surface area contributed by atoms with E-state index in [2.05, 4.69) is 0 Å². The van der Waals surface area contributed by atoms with Gasteiger partial charge in [0.05, 0.1) is 29.7 Å². The number of carbonyl (C=O) groups excluding carboxylic acids is 2. The zero-order valence-corrected chi connectivity index (χ0v) is 19.3. The number of nitrogens with zero attached hydrogens (tertiary/aromatic N) is 2. The molecule has 2 atom stereocenters. The zero-order valence-electron chi connectivity index (χ0n) is 17.8. The molecule has 1 aliphatic rings. The summed E-state index contributed by atoms with van der Waals surface area (Å²) in [5.41, 5.74) is -3.78. The summed E-state index contributed by atoms with van der Waals surface area (Å²) in [4.78, 5) is 48.5. The minimum absolute atomic E-state index is 0.0290. The maximum atomic E-state index is 13.1. The molecule has 3 rings (SSSR count). The van der Waals surface area contributed by atoms with E-state index in [-0.39, 0.29) is 34.6 Å². The molecule has 2 unspecified atom stereocenters. The van der Waals surface area contributed by atoms with Crippen LogP contribution in [0.1, 0.15) is 12.6 Å². The first-order chi connectivity index (χ1) is 15.9. The molecule has 0 saturated carbocycles. The third-order valence-electron chi connectivity index (χ3n) is 4.71. The zero-order chi connectivity index (χ0) is 25.2. The van der Waals surface area contributed by atoms with Crippen LogP contribution in [-0.2, 0) is 37.0 Å². The van der Waals surface area contributed by atoms with Crippen LogP contribution in [0.25, 0.3) is 5.69 Å². The van der Waals surface area contributed by atoms with E-state index >= 15 is 0 Å². The Morgan fingerprint density at radius 3 is 2.44 bits per heavy atom. The molecule has 0 amide bonds. The highest BCUT2D eigenvalue weighted by atomic mass is 35.5. The number of esters is 2. The van der Waals surface area contributed by atoms with Crippen LogP contribution in [0, 0.1) is 0 Å². The van der Waals surface area contributed by atoms with Gasteiger partial charge in [0.2, 0.25) is 0 Å². The number of aromatic nitrogens is 2. The quantitative estimate of drug-likeness (QED) is 0.420. The summed E-state index contributed by atoms with van der Waals surface area (Å²) in [5.74, 6) is -1.44. The highest BCUT2D eigenvalue weighted by molar-refractivity contribution is 8.00. The van der Waals surface area contributed by atoms with Gasteiger partial charge in [-0.05, 0) is 18.2 Å². The van der Waals surface area contributed by atoms with Crippen LogP contribution in [0.4, 0.5) is 13.2 Å². The summed E-state index contributed by atoms with van der Waals surface area (Å²) in [7, 11) is 0.901. The van der Waals surface area contributed by atoms with E-state index in [1.165, 1.54) is 25.1 Å². The second kappa shape index (κ2) is 10.2. The number of hydrogen-bond acceptors (Lipinski definition) is 8. The van der Waals surface area contributed by atoms with Gasteiger partial charge in [-0.25, -0.2) is 9.36 Å². The molecule has 1 aromatic heterocycles. The van der Waals surface area contributed by atoms with E-state index < -0.39 is 47.3 Å². The number of thioether (sulfide) groups is 1. The summed E-state index contributed by atoms with van der Waals surface area (Å²) < 4.78 is 55.5. The van der Waals surface area contributed by atoms with E-state index in [0.717, 1.165) is 18.8 Å². The Balaban J connectivity index is 1.78. The van der Waals surface area contributed by atoms with Crippen LogP contribution in [0.3, 0.4) is 0 Å². The number of halogens is 4. The van der Waals surface area contributed by atoms with Crippen molar-refractivity contribution in [2.75, 3.05) is 19.0 Å². The molecule has 2 aromatic rings. The fraction of sp³-hybridized carbons (Fsp3) is 0.400. The van der Waals surface area contributed by atoms with Gasteiger partial charge in [0.25, 0.3) is 5.56 Å². The molecule has 1 aromatic carbocycles. The van der Waals surface area contributed by atoms with E-state index in [1.54, 1.807) is 0 Å². The van der Waals surface area contributed by atoms with Gasteiger partial charge in [0.15, 0.2) is 12.2 Å². The van der Waals surface area contributed by atoms with E-state index in [9.17, 15) is 32.3 Å². The van der Waals surface area contributed by atoms with Crippen LogP contribution in [0.5, 0.6) is 0 Å². The number of benzene rings is 1. The first-order valence-electron chi connectivity index (χ1n) is 9.66. The highest BCUT2D eigenvalue weighted by Crippen LogP contribution is 2.30. The predicted molar refractivity (Wildman–Crippen MR) is 114 cm³/mol. The Morgan fingerprint density at radius 2 is 1.82 bits per heavy atom. The minimum atomic E-state index is -4.88. The van der Waals surface area contributed by atoms with Crippen molar-refractivity contribution in [2.24, 2.45) is 7.05 Å². The lowest BCUT2D eigenvalue weighted by Crippen LogP contribution is -2.40. The topological polar surface area (TPSA) is 106 Å². The molecule has 2 heterocycles. The van der Waals surface area contributed by atoms with Crippen LogP contribution in [0.2, 0.25) is 5.02 Å². The third-order valence-corrected chi connectivity index (χ3v) is 6.18. The summed E-state index contributed by atoms with van der Waals surface area (Å²) >= 11 is 7.07. The van der Waals surface area contributed by atoms with Gasteiger partial charge in [-0.15, -0.1) is 11.8 Å². The van der Waals surface area contributed by atoms with Crippen LogP contribution in [0.15, 0.2) is 38.8 Å². The molecule has 9 nitrogen and oxygen atoms in total. The molecule has 1 saturated heterocycles. The van der Waals surface area contributed by atoms with Crippen molar-refractivity contribution in [1.29, 1.82) is 0 Å². The number of hydrogen-bond donors (Lipinski definition) is 0. The number of ether oxygens (including phenoxy) is 3. The van der Waals surface area contributed by atoms with Gasteiger partial charge in [-0.1, -0.05) is 11.6 Å². The normalized spacial score (nSPS) is 18.1. The van der Waals surface area contributed by atoms with Gasteiger partial charge < -0.3 is 14.2 Å². The third kappa shape index (κ3) is 5.83. The molecule has 0 bridgehead atoms. The second-order valence-corrected chi connectivity index (χ2v) is 8.58. The Bertz CT molecular complexity index is 1230. The SMILES string of the molecule is CC(=O)OC1COCC1OC(=O)CSc1cc(-n2c(=O)cc(C(F)(F)F)n(C)c2=O)ccc1Cl. The molecule has 0 radical (unpaired) electrons. The first kappa shape index (κ1) is 25.8. The Kier molecular flexibility index (Phi) is 7.78. The molecule has 0 N–H and O–H groups in total. The summed E-state index contributed by atoms with van der Waals surface area (Å²) in [6.45, 7) is 1.37. The van der Waals surface area contributed by atoms with Gasteiger partial charge in [-0.2, -0.15) is 13.2 Å². The Morgan fingerprint density at radius 1 is 1.18 bits per heavy atom. The molecule has 14 heteroatoms. The summed E-state index contributed by atoms with van der Waals surface area (Å²) in [5, 5.41) is 0.181. The lowest BCUT2D eigenvalue weighted by Gasteiger charge is -2.18. The fourth-order valence-corrected chi connectivity index (χ4v) is 4.20. The Labute approximate surface area is 199 Å². The standard InChI is InChI=1S/C20H18ClF3N2O7S/c1-10(27)32-13-7-31-8-14(13)33-18(29)9-34-15-5-11(3-4-12(15)21)26-17(28)6-16(20(22,23)24)25(2)19(26)30/h3-6,13-14H,7-9H2,1-2H3. The van der Waals surface area contributed by atoms with Crippen LogP contribution >= 0.6 is 23.4 Å². The fourth-order valence-electron chi connectivity index (χ4n) is 3.16. The van der Waals surface area contributed by atoms with Crippen LogP contribution in [-0.4, -0.2) is 52.2 Å². The molecule has 0 spiro atoms. The van der Waals surface area contributed by atoms with E-state index in [4.69, 9.17) is 25.8 Å². The monoisotopic (exact) mass is 522 g/mol. The average molecular weight is 523 g/mol. The van der Waals surface area contributed by atoms with Gasteiger partial charge >= 0.3 is 23.8 Å². The average Bonchev–Trinajstić information content (AvgIpc) is 3.15. The van der Waals surface area contributed by atoms with Crippen LogP contribution < -0.4 is 11.2 Å². The lowest BCUT2D eigenvalue weighted by molar-refractivity contribution is -0.160. The number of carbonyl (C=O) groups is 2. The maximum absolute atomic E-state index is 13.1. The summed E-state index contributed by atoms with van der Waals surface area (Å²) in [6, 6.07) is 4.26. The molecule has 1 aliphatic heterocycles. The predicted octanol–water partition coefficient (Wildman–Crippen LogP) is 2.17. The lowest BCUT2D eigenvalue weighted by atomic mass is 10.2. The van der Waals surface area contributed by atoms with Gasteiger partial charge in [0, 0.05) is 24.9 Å². The van der Waals surface area contributed by atoms with Gasteiger partial charge in [-0.3, -0.25) is 19.0 Å². The molecular formula is C20H18ClF3N2O7S. The van der Waals surface area contributed by atoms with Gasteiger partial charge in [0.1, 0.15) is 5.69 Å². The highest BCUT2D eigenvalue weighted by Gasteiger charge is 2.35. The first-order valence-corrected chi connectivity index (χ1v) is 11.0. The van der Waals surface area contributed by atoms with Crippen molar-refractivity contribution in [1.82, 2.24) is 9.13 Å². The van der Waals surface area contributed by atoms with Crippen molar-refractivity contribution < 1.29 is 37.0 Å². The van der Waals surface area contributed by atoms with E-state index in [0.29, 0.717) is 15.2 Å². The van der Waals surface area contributed by atoms with Crippen molar-refractivity contribution in [2.45, 2.75) is 30.2 Å².